The van der Waals surface area contributed by atoms with Crippen molar-refractivity contribution >= 4 is 0 Å². The van der Waals surface area contributed by atoms with E-state index >= 15 is 0 Å². The van der Waals surface area contributed by atoms with E-state index in [0.717, 1.165) is 17.8 Å². The third-order valence-corrected chi connectivity index (χ3v) is 3.06. The molecule has 18 heavy (non-hydrogen) atoms. The molecule has 2 heterocycles. The lowest BCUT2D eigenvalue weighted by Gasteiger charge is -2.01. The molecule has 0 unspecified atom stereocenters. The summed E-state index contributed by atoms with van der Waals surface area (Å²) in [7, 11) is 0. The molecule has 0 saturated carbocycles. The first-order chi connectivity index (χ1) is 8.77. The summed E-state index contributed by atoms with van der Waals surface area (Å²) in [5.74, 6) is 0.263. The first-order valence-corrected chi connectivity index (χ1v) is 5.92. The first-order valence-electron chi connectivity index (χ1n) is 5.92. The van der Waals surface area contributed by atoms with Crippen molar-refractivity contribution in [2.75, 3.05) is 13.1 Å². The van der Waals surface area contributed by atoms with Gasteiger partial charge in [-0.3, -0.25) is 4.57 Å². The molecule has 3 rings (SSSR count). The van der Waals surface area contributed by atoms with Gasteiger partial charge in [0.2, 0.25) is 0 Å². The van der Waals surface area contributed by atoms with Gasteiger partial charge >= 0.3 is 5.69 Å². The van der Waals surface area contributed by atoms with Gasteiger partial charge in [-0.05, 0) is 12.1 Å². The van der Waals surface area contributed by atoms with Gasteiger partial charge in [-0.25, -0.2) is 9.18 Å². The van der Waals surface area contributed by atoms with E-state index in [9.17, 15) is 9.18 Å². The summed E-state index contributed by atoms with van der Waals surface area (Å²) in [5.41, 5.74) is -0.0742. The van der Waals surface area contributed by atoms with Gasteiger partial charge in [-0.15, -0.1) is 5.10 Å². The summed E-state index contributed by atoms with van der Waals surface area (Å²) < 4.78 is 16.4. The molecule has 1 N–H and O–H groups in total. The molecule has 0 bridgehead atoms. The Morgan fingerprint density at radius 1 is 1.28 bits per heavy atom. The first kappa shape index (κ1) is 11.2. The molecular weight excluding hydrogens is 235 g/mol. The van der Waals surface area contributed by atoms with Crippen LogP contribution >= 0.6 is 0 Å². The lowest BCUT2D eigenvalue weighted by atomic mass is 10.3. The molecule has 5 nitrogen and oxygen atoms in total. The maximum Gasteiger partial charge on any atom is 0.350 e. The van der Waals surface area contributed by atoms with E-state index in [1.807, 2.05) is 0 Å². The predicted octanol–water partition coefficient (Wildman–Crippen LogP) is 0.319. The van der Waals surface area contributed by atoms with E-state index in [0.29, 0.717) is 18.8 Å². The van der Waals surface area contributed by atoms with Crippen molar-refractivity contribution in [1.82, 2.24) is 19.7 Å². The molecule has 0 atom stereocenters. The Labute approximate surface area is 103 Å². The van der Waals surface area contributed by atoms with Crippen molar-refractivity contribution in [3.63, 3.8) is 0 Å². The van der Waals surface area contributed by atoms with Gasteiger partial charge in [-0.2, -0.15) is 4.68 Å². The van der Waals surface area contributed by atoms with Crippen molar-refractivity contribution in [1.29, 1.82) is 0 Å². The van der Waals surface area contributed by atoms with Crippen LogP contribution in [0.2, 0.25) is 0 Å². The van der Waals surface area contributed by atoms with Gasteiger partial charge in [0.25, 0.3) is 0 Å². The van der Waals surface area contributed by atoms with Gasteiger partial charge in [0.15, 0.2) is 0 Å². The highest BCUT2D eigenvalue weighted by atomic mass is 19.1. The zero-order valence-electron chi connectivity index (χ0n) is 9.77. The van der Waals surface area contributed by atoms with Crippen LogP contribution in [0.15, 0.2) is 29.1 Å². The van der Waals surface area contributed by atoms with Crippen molar-refractivity contribution in [3.8, 4) is 5.69 Å². The number of hydrogen-bond acceptors (Lipinski definition) is 3. The molecule has 0 radical (unpaired) electrons. The minimum absolute atomic E-state index is 0.205. The second kappa shape index (κ2) is 4.38. The summed E-state index contributed by atoms with van der Waals surface area (Å²) in [6.07, 6.45) is 0.677. The normalized spacial score (nSPS) is 15.2. The summed E-state index contributed by atoms with van der Waals surface area (Å²) in [6.45, 7) is 2.09. The SMILES string of the molecule is O=c1n(-c2ccccc2F)nc2n1CCNCC2. The van der Waals surface area contributed by atoms with Crippen LogP contribution in [-0.2, 0) is 13.0 Å². The second-order valence-electron chi connectivity index (χ2n) is 4.21. The Bertz CT molecular complexity index is 631. The molecule has 0 spiro atoms. The van der Waals surface area contributed by atoms with E-state index in [1.165, 1.54) is 6.07 Å². The van der Waals surface area contributed by atoms with Crippen molar-refractivity contribution < 1.29 is 4.39 Å². The van der Waals surface area contributed by atoms with Gasteiger partial charge in [0.05, 0.1) is 0 Å². The number of hydrogen-bond donors (Lipinski definition) is 1. The van der Waals surface area contributed by atoms with Crippen molar-refractivity contribution in [2.45, 2.75) is 13.0 Å². The van der Waals surface area contributed by atoms with Crippen LogP contribution in [0.1, 0.15) is 5.82 Å². The van der Waals surface area contributed by atoms with E-state index in [2.05, 4.69) is 10.4 Å². The van der Waals surface area contributed by atoms with Gasteiger partial charge in [0, 0.05) is 26.1 Å². The molecule has 94 valence electrons. The van der Waals surface area contributed by atoms with Crippen LogP contribution < -0.4 is 11.0 Å². The second-order valence-corrected chi connectivity index (χ2v) is 4.21. The zero-order chi connectivity index (χ0) is 12.5. The Kier molecular flexibility index (Phi) is 2.71. The fourth-order valence-corrected chi connectivity index (χ4v) is 2.14. The molecule has 1 aromatic carbocycles. The highest BCUT2D eigenvalue weighted by molar-refractivity contribution is 5.31. The van der Waals surface area contributed by atoms with E-state index in [4.69, 9.17) is 0 Å². The third-order valence-electron chi connectivity index (χ3n) is 3.06. The highest BCUT2D eigenvalue weighted by Crippen LogP contribution is 2.10. The standard InChI is InChI=1S/C12H13FN4O/c13-9-3-1-2-4-10(9)17-12(18)16-8-7-14-6-5-11(16)15-17/h1-4,14H,5-8H2. The van der Waals surface area contributed by atoms with Crippen molar-refractivity contribution in [2.24, 2.45) is 0 Å². The molecule has 2 aromatic rings. The topological polar surface area (TPSA) is 51.9 Å². The average Bonchev–Trinajstić information content (AvgIpc) is 2.56. The Morgan fingerprint density at radius 2 is 2.11 bits per heavy atom. The number of benzene rings is 1. The number of aromatic nitrogens is 3. The molecule has 0 saturated heterocycles. The highest BCUT2D eigenvalue weighted by Gasteiger charge is 2.17. The van der Waals surface area contributed by atoms with Crippen LogP contribution in [-0.4, -0.2) is 27.4 Å². The maximum absolute atomic E-state index is 13.7. The lowest BCUT2D eigenvalue weighted by molar-refractivity contribution is 0.595. The van der Waals surface area contributed by atoms with Gasteiger partial charge in [-0.1, -0.05) is 12.1 Å². The molecule has 0 aliphatic carbocycles. The minimum Gasteiger partial charge on any atom is -0.315 e. The maximum atomic E-state index is 13.7. The van der Waals surface area contributed by atoms with Crippen LogP contribution in [0.4, 0.5) is 4.39 Å². The third kappa shape index (κ3) is 1.74. The minimum atomic E-state index is -0.439. The molecule has 0 amide bonds. The number of rotatable bonds is 1. The van der Waals surface area contributed by atoms with Gasteiger partial charge in [0.1, 0.15) is 17.3 Å². The lowest BCUT2D eigenvalue weighted by Crippen LogP contribution is -2.27. The predicted molar refractivity (Wildman–Crippen MR) is 64.4 cm³/mol. The summed E-state index contributed by atoms with van der Waals surface area (Å²) in [5, 5.41) is 7.42. The molecule has 1 aliphatic heterocycles. The van der Waals surface area contributed by atoms with E-state index in [1.54, 1.807) is 22.8 Å². The summed E-state index contributed by atoms with van der Waals surface area (Å²) in [4.78, 5) is 12.2. The zero-order valence-corrected chi connectivity index (χ0v) is 9.77. The van der Waals surface area contributed by atoms with Gasteiger partial charge < -0.3 is 5.32 Å². The van der Waals surface area contributed by atoms with Crippen LogP contribution in [0.3, 0.4) is 0 Å². The molecule has 0 fully saturated rings. The van der Waals surface area contributed by atoms with E-state index in [-0.39, 0.29) is 11.4 Å². The van der Waals surface area contributed by atoms with Crippen LogP contribution in [0.5, 0.6) is 0 Å². The molecule has 6 heteroatoms. The van der Waals surface area contributed by atoms with Crippen LogP contribution in [0.25, 0.3) is 5.69 Å². The van der Waals surface area contributed by atoms with E-state index < -0.39 is 5.82 Å². The monoisotopic (exact) mass is 248 g/mol. The fraction of sp³-hybridized carbons (Fsp3) is 0.333. The smallest absolute Gasteiger partial charge is 0.315 e. The fourth-order valence-electron chi connectivity index (χ4n) is 2.14. The largest absolute Gasteiger partial charge is 0.350 e. The number of nitrogens with one attached hydrogen (secondary N) is 1. The number of nitrogens with zero attached hydrogens (tertiary/aromatic N) is 3. The Morgan fingerprint density at radius 3 is 2.94 bits per heavy atom. The summed E-state index contributed by atoms with van der Waals surface area (Å²) >= 11 is 0. The number of para-hydroxylation sites is 1. The molecular formula is C12H13FN4O. The van der Waals surface area contributed by atoms with Crippen LogP contribution in [0, 0.1) is 5.82 Å². The number of fused-ring (bicyclic) bond motifs is 1. The molecule has 1 aliphatic rings. The average molecular weight is 248 g/mol. The number of halogens is 1. The Balaban J connectivity index is 2.15. The Hall–Kier alpha value is -1.95. The summed E-state index contributed by atoms with van der Waals surface area (Å²) in [6, 6.07) is 6.17. The van der Waals surface area contributed by atoms with Crippen molar-refractivity contribution in [3.05, 3.63) is 46.4 Å². The quantitative estimate of drug-likeness (QED) is 0.790. The molecule has 1 aromatic heterocycles.